The van der Waals surface area contributed by atoms with Gasteiger partial charge in [0.25, 0.3) is 0 Å². The lowest BCUT2D eigenvalue weighted by Gasteiger charge is -2.34. The van der Waals surface area contributed by atoms with E-state index in [2.05, 4.69) is 5.32 Å². The highest BCUT2D eigenvalue weighted by Gasteiger charge is 2.48. The summed E-state index contributed by atoms with van der Waals surface area (Å²) in [5, 5.41) is 3.30. The molecule has 2 heterocycles. The molecule has 0 aliphatic carbocycles. The van der Waals surface area contributed by atoms with Gasteiger partial charge in [0, 0.05) is 6.54 Å². The highest BCUT2D eigenvalue weighted by atomic mass is 31.2. The molecular weight excluding hydrogens is 387 g/mol. The van der Waals surface area contributed by atoms with Gasteiger partial charge in [-0.2, -0.15) is 0 Å². The van der Waals surface area contributed by atoms with Crippen molar-refractivity contribution in [3.63, 3.8) is 0 Å². The number of amides is 1. The fourth-order valence-corrected chi connectivity index (χ4v) is 6.18. The SMILES string of the molecule is O=C([C@@H]1CCCCN1)N1CCC[C@H]1P(=O)(Oc1ccccc1)Oc1ccccc1. The summed E-state index contributed by atoms with van der Waals surface area (Å²) in [6, 6.07) is 17.8. The van der Waals surface area contributed by atoms with E-state index < -0.39 is 13.4 Å². The van der Waals surface area contributed by atoms with Crippen LogP contribution in [0.2, 0.25) is 0 Å². The van der Waals surface area contributed by atoms with Gasteiger partial charge in [-0.25, -0.2) is 4.57 Å². The summed E-state index contributed by atoms with van der Waals surface area (Å²) in [6.07, 6.45) is 4.30. The topological polar surface area (TPSA) is 67.9 Å². The molecule has 0 unspecified atom stereocenters. The second-order valence-corrected chi connectivity index (χ2v) is 9.55. The molecule has 4 rings (SSSR count). The number of nitrogens with zero attached hydrogens (tertiary/aromatic N) is 1. The Morgan fingerprint density at radius 3 is 2.07 bits per heavy atom. The van der Waals surface area contributed by atoms with Crippen molar-refractivity contribution >= 4 is 13.5 Å². The largest absolute Gasteiger partial charge is 0.453 e. The number of piperidine rings is 1. The summed E-state index contributed by atoms with van der Waals surface area (Å²) >= 11 is 0. The van der Waals surface area contributed by atoms with E-state index in [1.54, 1.807) is 29.2 Å². The molecule has 2 saturated heterocycles. The van der Waals surface area contributed by atoms with Gasteiger partial charge in [-0.05, 0) is 56.5 Å². The summed E-state index contributed by atoms with van der Waals surface area (Å²) in [5.41, 5.74) is 0. The molecule has 0 radical (unpaired) electrons. The minimum atomic E-state index is -3.69. The number of hydrogen-bond donors (Lipinski definition) is 1. The Morgan fingerprint density at radius 1 is 0.897 bits per heavy atom. The maximum Gasteiger partial charge on any atom is 0.453 e. The maximum absolute atomic E-state index is 14.1. The minimum absolute atomic E-state index is 0.000693. The first-order valence-electron chi connectivity index (χ1n) is 10.3. The average Bonchev–Trinajstić information content (AvgIpc) is 3.26. The predicted octanol–water partition coefficient (Wildman–Crippen LogP) is 4.43. The van der Waals surface area contributed by atoms with Crippen molar-refractivity contribution < 1.29 is 18.4 Å². The van der Waals surface area contributed by atoms with Crippen molar-refractivity contribution in [2.45, 2.75) is 43.9 Å². The van der Waals surface area contributed by atoms with Gasteiger partial charge in [-0.3, -0.25) is 4.79 Å². The normalized spacial score (nSPS) is 22.3. The molecule has 2 atom stereocenters. The van der Waals surface area contributed by atoms with Gasteiger partial charge in [-0.1, -0.05) is 42.8 Å². The molecule has 2 aliphatic heterocycles. The molecule has 2 aliphatic rings. The van der Waals surface area contributed by atoms with Crippen molar-refractivity contribution in [3.05, 3.63) is 60.7 Å². The quantitative estimate of drug-likeness (QED) is 0.709. The summed E-state index contributed by atoms with van der Waals surface area (Å²) in [6.45, 7) is 1.41. The molecule has 0 bridgehead atoms. The first-order chi connectivity index (χ1) is 14.2. The molecule has 7 heteroatoms. The van der Waals surface area contributed by atoms with Crippen LogP contribution >= 0.6 is 7.60 Å². The van der Waals surface area contributed by atoms with E-state index in [9.17, 15) is 9.36 Å². The van der Waals surface area contributed by atoms with Crippen molar-refractivity contribution in [2.24, 2.45) is 0 Å². The number of likely N-dealkylation sites (tertiary alicyclic amines) is 1. The molecule has 6 nitrogen and oxygen atoms in total. The third kappa shape index (κ3) is 4.65. The molecular formula is C22H27N2O4P. The lowest BCUT2D eigenvalue weighted by atomic mass is 10.0. The number of para-hydroxylation sites is 2. The van der Waals surface area contributed by atoms with Crippen LogP contribution in [0, 0.1) is 0 Å². The number of rotatable bonds is 6. The lowest BCUT2D eigenvalue weighted by molar-refractivity contribution is -0.133. The van der Waals surface area contributed by atoms with E-state index in [1.807, 2.05) is 36.4 Å². The number of hydrogen-bond acceptors (Lipinski definition) is 5. The molecule has 2 fully saturated rings. The van der Waals surface area contributed by atoms with Crippen LogP contribution in [0.4, 0.5) is 0 Å². The number of nitrogens with one attached hydrogen (secondary N) is 1. The van der Waals surface area contributed by atoms with Crippen molar-refractivity contribution in [1.82, 2.24) is 10.2 Å². The summed E-state index contributed by atoms with van der Waals surface area (Å²) in [7, 11) is -3.69. The fraction of sp³-hybridized carbons (Fsp3) is 0.409. The number of carbonyl (C=O) groups is 1. The monoisotopic (exact) mass is 414 g/mol. The summed E-state index contributed by atoms with van der Waals surface area (Å²) in [4.78, 5) is 14.9. The van der Waals surface area contributed by atoms with E-state index in [0.29, 0.717) is 24.5 Å². The van der Waals surface area contributed by atoms with Crippen molar-refractivity contribution in [3.8, 4) is 11.5 Å². The Kier molecular flexibility index (Phi) is 6.22. The summed E-state index contributed by atoms with van der Waals surface area (Å²) < 4.78 is 26.0. The van der Waals surface area contributed by atoms with Gasteiger partial charge in [-0.15, -0.1) is 0 Å². The Labute approximate surface area is 171 Å². The lowest BCUT2D eigenvalue weighted by Crippen LogP contribution is -2.50. The zero-order valence-corrected chi connectivity index (χ0v) is 17.3. The third-order valence-electron chi connectivity index (χ3n) is 5.43. The van der Waals surface area contributed by atoms with Gasteiger partial charge in [0.1, 0.15) is 11.5 Å². The zero-order chi connectivity index (χ0) is 20.1. The smallest absolute Gasteiger partial charge is 0.415 e. The molecule has 154 valence electrons. The molecule has 1 N–H and O–H groups in total. The molecule has 0 saturated carbocycles. The number of benzene rings is 2. The zero-order valence-electron chi connectivity index (χ0n) is 16.4. The van der Waals surface area contributed by atoms with E-state index in [1.165, 1.54) is 0 Å². The average molecular weight is 414 g/mol. The van der Waals surface area contributed by atoms with Gasteiger partial charge in [0.2, 0.25) is 5.91 Å². The van der Waals surface area contributed by atoms with E-state index in [4.69, 9.17) is 9.05 Å². The second-order valence-electron chi connectivity index (χ2n) is 7.51. The van der Waals surface area contributed by atoms with Crippen LogP contribution in [0.3, 0.4) is 0 Å². The summed E-state index contributed by atoms with van der Waals surface area (Å²) in [5.74, 6) is 0.351. The van der Waals surface area contributed by atoms with Gasteiger partial charge >= 0.3 is 7.60 Å². The molecule has 2 aromatic rings. The Bertz CT molecular complexity index is 810. The van der Waals surface area contributed by atoms with Crippen LogP contribution < -0.4 is 14.4 Å². The van der Waals surface area contributed by atoms with Gasteiger partial charge < -0.3 is 19.3 Å². The Morgan fingerprint density at radius 2 is 1.52 bits per heavy atom. The van der Waals surface area contributed by atoms with E-state index >= 15 is 0 Å². The van der Waals surface area contributed by atoms with Crippen LogP contribution in [0.1, 0.15) is 32.1 Å². The first kappa shape index (κ1) is 20.0. The van der Waals surface area contributed by atoms with Gasteiger partial charge in [0.15, 0.2) is 5.78 Å². The standard InChI is InChI=1S/C22H27N2O4P/c25-22(20-14-7-8-16-23-20)24-17-9-15-21(24)29(26,27-18-10-3-1-4-11-18)28-19-12-5-2-6-13-19/h1-6,10-13,20-21,23H,7-9,14-17H2/t20-,21+/m0/s1. The van der Waals surface area contributed by atoms with Crippen LogP contribution in [-0.4, -0.2) is 35.7 Å². The maximum atomic E-state index is 14.1. The Balaban J connectivity index is 1.61. The second kappa shape index (κ2) is 9.02. The Hall–Kier alpha value is -2.30. The molecule has 2 aromatic carbocycles. The molecule has 0 spiro atoms. The van der Waals surface area contributed by atoms with Crippen LogP contribution in [0.25, 0.3) is 0 Å². The van der Waals surface area contributed by atoms with E-state index in [-0.39, 0.29) is 11.9 Å². The van der Waals surface area contributed by atoms with Crippen molar-refractivity contribution in [1.29, 1.82) is 0 Å². The highest BCUT2D eigenvalue weighted by molar-refractivity contribution is 7.55. The molecule has 29 heavy (non-hydrogen) atoms. The van der Waals surface area contributed by atoms with Gasteiger partial charge in [0.05, 0.1) is 6.04 Å². The predicted molar refractivity (Wildman–Crippen MR) is 112 cm³/mol. The number of carbonyl (C=O) groups excluding carboxylic acids is 1. The fourth-order valence-electron chi connectivity index (χ4n) is 3.99. The minimum Gasteiger partial charge on any atom is -0.415 e. The molecule has 0 aromatic heterocycles. The third-order valence-corrected chi connectivity index (χ3v) is 7.63. The first-order valence-corrected chi connectivity index (χ1v) is 11.9. The molecule has 1 amide bonds. The van der Waals surface area contributed by atoms with Crippen LogP contribution in [-0.2, 0) is 9.36 Å². The van der Waals surface area contributed by atoms with Crippen LogP contribution in [0.15, 0.2) is 60.7 Å². The van der Waals surface area contributed by atoms with Crippen LogP contribution in [0.5, 0.6) is 11.5 Å². The highest BCUT2D eigenvalue weighted by Crippen LogP contribution is 2.57. The van der Waals surface area contributed by atoms with Crippen molar-refractivity contribution in [2.75, 3.05) is 13.1 Å². The van der Waals surface area contributed by atoms with E-state index in [0.717, 1.165) is 32.2 Å².